The Morgan fingerprint density at radius 1 is 1.31 bits per heavy atom. The minimum atomic E-state index is 0.325. The van der Waals surface area contributed by atoms with Crippen molar-refractivity contribution in [3.8, 4) is 0 Å². The Kier molecular flexibility index (Phi) is 4.83. The van der Waals surface area contributed by atoms with E-state index in [2.05, 4.69) is 12.2 Å². The van der Waals surface area contributed by atoms with E-state index in [4.69, 9.17) is 0 Å². The molecular weight excluding hydrogens is 164 g/mol. The summed E-state index contributed by atoms with van der Waals surface area (Å²) < 4.78 is 0. The molecule has 3 nitrogen and oxygen atoms in total. The third-order valence-electron chi connectivity index (χ3n) is 2.41. The van der Waals surface area contributed by atoms with Gasteiger partial charge in [0, 0.05) is 26.1 Å². The Bertz CT molecular complexity index is 151. The van der Waals surface area contributed by atoms with E-state index in [1.165, 1.54) is 6.42 Å². The van der Waals surface area contributed by atoms with Crippen LogP contribution in [0.4, 0.5) is 0 Å². The number of nitrogens with one attached hydrogen (secondary N) is 1. The first-order chi connectivity index (χ1) is 6.34. The quantitative estimate of drug-likeness (QED) is 0.694. The zero-order valence-corrected chi connectivity index (χ0v) is 8.51. The number of hydrogen-bond acceptors (Lipinski definition) is 2. The molecule has 0 aromatic carbocycles. The van der Waals surface area contributed by atoms with Crippen LogP contribution in [0.15, 0.2) is 0 Å². The summed E-state index contributed by atoms with van der Waals surface area (Å²) in [5, 5.41) is 3.32. The van der Waals surface area contributed by atoms with Crippen molar-refractivity contribution < 1.29 is 4.79 Å². The molecule has 3 heteroatoms. The van der Waals surface area contributed by atoms with Gasteiger partial charge in [-0.3, -0.25) is 4.79 Å². The van der Waals surface area contributed by atoms with Gasteiger partial charge < -0.3 is 10.2 Å². The van der Waals surface area contributed by atoms with Gasteiger partial charge in [-0.1, -0.05) is 6.92 Å². The predicted octanol–water partition coefficient (Wildman–Crippen LogP) is 0.998. The fourth-order valence-corrected chi connectivity index (χ4v) is 1.62. The van der Waals surface area contributed by atoms with Crippen LogP contribution in [0.5, 0.6) is 0 Å². The summed E-state index contributed by atoms with van der Waals surface area (Å²) in [6.45, 7) is 5.96. The molecule has 0 aromatic rings. The summed E-state index contributed by atoms with van der Waals surface area (Å²) in [7, 11) is 0. The van der Waals surface area contributed by atoms with Gasteiger partial charge in [-0.05, 0) is 25.8 Å². The summed E-state index contributed by atoms with van der Waals surface area (Å²) in [5.74, 6) is 0.325. The summed E-state index contributed by atoms with van der Waals surface area (Å²) in [5.41, 5.74) is 0. The first-order valence-electron chi connectivity index (χ1n) is 5.33. The third-order valence-corrected chi connectivity index (χ3v) is 2.41. The van der Waals surface area contributed by atoms with Crippen LogP contribution in [-0.4, -0.2) is 37.0 Å². The summed E-state index contributed by atoms with van der Waals surface area (Å²) in [6, 6.07) is 0. The van der Waals surface area contributed by atoms with Crippen LogP contribution in [0.1, 0.15) is 32.6 Å². The topological polar surface area (TPSA) is 32.3 Å². The number of hydrogen-bond donors (Lipinski definition) is 1. The Labute approximate surface area is 80.5 Å². The van der Waals surface area contributed by atoms with E-state index in [0.29, 0.717) is 12.3 Å². The molecule has 0 aromatic heterocycles. The highest BCUT2D eigenvalue weighted by Gasteiger charge is 2.12. The molecule has 0 bridgehead atoms. The fraction of sp³-hybridized carbons (Fsp3) is 0.900. The molecule has 13 heavy (non-hydrogen) atoms. The predicted molar refractivity (Wildman–Crippen MR) is 53.6 cm³/mol. The maximum absolute atomic E-state index is 11.6. The lowest BCUT2D eigenvalue weighted by Crippen LogP contribution is -2.39. The molecule has 0 radical (unpaired) electrons. The summed E-state index contributed by atoms with van der Waals surface area (Å²) in [4.78, 5) is 13.6. The van der Waals surface area contributed by atoms with E-state index >= 15 is 0 Å². The van der Waals surface area contributed by atoms with Gasteiger partial charge in [0.15, 0.2) is 0 Å². The van der Waals surface area contributed by atoms with Crippen molar-refractivity contribution in [3.63, 3.8) is 0 Å². The molecule has 0 atom stereocenters. The molecule has 76 valence electrons. The number of amides is 1. The van der Waals surface area contributed by atoms with Crippen LogP contribution in [0.25, 0.3) is 0 Å². The van der Waals surface area contributed by atoms with Gasteiger partial charge in [0.05, 0.1) is 0 Å². The van der Waals surface area contributed by atoms with E-state index < -0.39 is 0 Å². The normalized spacial score (nSPS) is 19.3. The smallest absolute Gasteiger partial charge is 0.222 e. The van der Waals surface area contributed by atoms with Crippen LogP contribution in [0.2, 0.25) is 0 Å². The van der Waals surface area contributed by atoms with Crippen LogP contribution in [0, 0.1) is 0 Å². The van der Waals surface area contributed by atoms with Crippen molar-refractivity contribution in [1.82, 2.24) is 10.2 Å². The van der Waals surface area contributed by atoms with Gasteiger partial charge in [-0.25, -0.2) is 0 Å². The first-order valence-corrected chi connectivity index (χ1v) is 5.33. The second-order valence-electron chi connectivity index (χ2n) is 3.59. The molecule has 1 N–H and O–H groups in total. The molecule has 1 rings (SSSR count). The fourth-order valence-electron chi connectivity index (χ4n) is 1.62. The Morgan fingerprint density at radius 3 is 2.92 bits per heavy atom. The van der Waals surface area contributed by atoms with Crippen molar-refractivity contribution in [2.24, 2.45) is 0 Å². The van der Waals surface area contributed by atoms with E-state index in [0.717, 1.165) is 39.0 Å². The van der Waals surface area contributed by atoms with E-state index in [1.807, 2.05) is 4.90 Å². The second-order valence-corrected chi connectivity index (χ2v) is 3.59. The van der Waals surface area contributed by atoms with Gasteiger partial charge in [0.25, 0.3) is 0 Å². The van der Waals surface area contributed by atoms with Crippen LogP contribution >= 0.6 is 0 Å². The maximum Gasteiger partial charge on any atom is 0.222 e. The highest BCUT2D eigenvalue weighted by Crippen LogP contribution is 2.02. The molecule has 1 heterocycles. The maximum atomic E-state index is 11.6. The lowest BCUT2D eigenvalue weighted by atomic mass is 10.2. The zero-order chi connectivity index (χ0) is 9.52. The van der Waals surface area contributed by atoms with Gasteiger partial charge in [-0.2, -0.15) is 0 Å². The first kappa shape index (κ1) is 10.5. The molecule has 0 spiro atoms. The van der Waals surface area contributed by atoms with Crippen LogP contribution in [0.3, 0.4) is 0 Å². The number of carbonyl (C=O) groups excluding carboxylic acids is 1. The lowest BCUT2D eigenvalue weighted by Gasteiger charge is -2.25. The molecule has 1 amide bonds. The minimum absolute atomic E-state index is 0.325. The Balaban J connectivity index is 2.32. The van der Waals surface area contributed by atoms with E-state index in [1.54, 1.807) is 0 Å². The average molecular weight is 184 g/mol. The van der Waals surface area contributed by atoms with Crippen molar-refractivity contribution in [3.05, 3.63) is 0 Å². The Morgan fingerprint density at radius 2 is 2.15 bits per heavy atom. The standard InChI is InChI=1S/C10H20N2O/c1-2-5-10(13)12-8-4-3-6-11-7-9-12/h11H,2-9H2,1H3. The molecule has 0 unspecified atom stereocenters. The van der Waals surface area contributed by atoms with Crippen molar-refractivity contribution in [2.45, 2.75) is 32.6 Å². The average Bonchev–Trinajstić information content (AvgIpc) is 2.03. The molecule has 1 aliphatic heterocycles. The monoisotopic (exact) mass is 184 g/mol. The van der Waals surface area contributed by atoms with Gasteiger partial charge in [0.1, 0.15) is 0 Å². The Hall–Kier alpha value is -0.570. The second kappa shape index (κ2) is 5.97. The molecular formula is C10H20N2O. The van der Waals surface area contributed by atoms with Gasteiger partial charge >= 0.3 is 0 Å². The zero-order valence-electron chi connectivity index (χ0n) is 8.51. The number of rotatable bonds is 2. The minimum Gasteiger partial charge on any atom is -0.341 e. The molecule has 1 fully saturated rings. The molecule has 1 aliphatic rings. The molecule has 0 aliphatic carbocycles. The summed E-state index contributed by atoms with van der Waals surface area (Å²) in [6.07, 6.45) is 4.00. The van der Waals surface area contributed by atoms with E-state index in [-0.39, 0.29) is 0 Å². The van der Waals surface area contributed by atoms with Gasteiger partial charge in [0.2, 0.25) is 5.91 Å². The largest absolute Gasteiger partial charge is 0.341 e. The van der Waals surface area contributed by atoms with Crippen LogP contribution in [-0.2, 0) is 4.79 Å². The SMILES string of the molecule is CCCC(=O)N1CCCCNCC1. The summed E-state index contributed by atoms with van der Waals surface area (Å²) >= 11 is 0. The van der Waals surface area contributed by atoms with E-state index in [9.17, 15) is 4.79 Å². The number of nitrogens with zero attached hydrogens (tertiary/aromatic N) is 1. The molecule has 0 saturated carbocycles. The lowest BCUT2D eigenvalue weighted by molar-refractivity contribution is -0.131. The van der Waals surface area contributed by atoms with Crippen molar-refractivity contribution in [1.29, 1.82) is 0 Å². The van der Waals surface area contributed by atoms with Gasteiger partial charge in [-0.15, -0.1) is 0 Å². The molecule has 1 saturated heterocycles. The third kappa shape index (κ3) is 3.77. The van der Waals surface area contributed by atoms with Crippen molar-refractivity contribution in [2.75, 3.05) is 26.2 Å². The van der Waals surface area contributed by atoms with Crippen molar-refractivity contribution >= 4 is 5.91 Å². The highest BCUT2D eigenvalue weighted by molar-refractivity contribution is 5.76. The number of carbonyl (C=O) groups is 1. The highest BCUT2D eigenvalue weighted by atomic mass is 16.2. The van der Waals surface area contributed by atoms with Crippen LogP contribution < -0.4 is 5.32 Å².